The third-order valence-electron chi connectivity index (χ3n) is 1.46. The minimum absolute atomic E-state index is 1.36. The molecule has 0 saturated heterocycles. The molecule has 0 aliphatic heterocycles. The van der Waals surface area contributed by atoms with Crippen LogP contribution in [0, 0.1) is 0 Å². The van der Waals surface area contributed by atoms with Crippen molar-refractivity contribution in [1.82, 2.24) is 0 Å². The van der Waals surface area contributed by atoms with Gasteiger partial charge in [-0.3, -0.25) is 9.11 Å². The van der Waals surface area contributed by atoms with Crippen LogP contribution in [0.2, 0.25) is 0 Å². The van der Waals surface area contributed by atoms with E-state index in [1.165, 1.54) is 38.5 Å². The van der Waals surface area contributed by atoms with Gasteiger partial charge in [-0.05, 0) is 0 Å². The number of hydrogen-bond donors (Lipinski definition) is 2. The average molecular weight is 212 g/mol. The van der Waals surface area contributed by atoms with Gasteiger partial charge in [-0.2, -0.15) is 8.42 Å². The molecule has 5 heteroatoms. The van der Waals surface area contributed by atoms with E-state index < -0.39 is 10.4 Å². The number of unbranched alkanes of at least 4 members (excludes halogenated alkanes) is 5. The molecule has 0 heterocycles. The Hall–Kier alpha value is -0.130. The van der Waals surface area contributed by atoms with Gasteiger partial charge < -0.3 is 0 Å². The second kappa shape index (κ2) is 9.95. The van der Waals surface area contributed by atoms with Gasteiger partial charge in [0.05, 0.1) is 0 Å². The average Bonchev–Trinajstić information content (AvgIpc) is 1.95. The van der Waals surface area contributed by atoms with Crippen molar-refractivity contribution < 1.29 is 17.5 Å². The summed E-state index contributed by atoms with van der Waals surface area (Å²) in [5.74, 6) is 0. The first kappa shape index (κ1) is 15.3. The summed E-state index contributed by atoms with van der Waals surface area (Å²) in [7, 11) is -4.67. The van der Waals surface area contributed by atoms with Crippen LogP contribution in [0.1, 0.15) is 52.4 Å². The van der Waals surface area contributed by atoms with Gasteiger partial charge in [0.15, 0.2) is 0 Å². The summed E-state index contributed by atoms with van der Waals surface area (Å²) in [5.41, 5.74) is 0. The molecule has 2 N–H and O–H groups in total. The predicted molar refractivity (Wildman–Crippen MR) is 53.2 cm³/mol. The summed E-state index contributed by atoms with van der Waals surface area (Å²) < 4.78 is 31.6. The molecule has 0 spiro atoms. The third kappa shape index (κ3) is 48.8. The summed E-state index contributed by atoms with van der Waals surface area (Å²) in [5, 5.41) is 0. The Morgan fingerprint density at radius 2 is 1.08 bits per heavy atom. The van der Waals surface area contributed by atoms with Gasteiger partial charge in [0.25, 0.3) is 0 Å². The van der Waals surface area contributed by atoms with E-state index in [1.807, 2.05) is 0 Å². The smallest absolute Gasteiger partial charge is 0.264 e. The summed E-state index contributed by atoms with van der Waals surface area (Å²) in [6.07, 6.45) is 8.49. The first-order valence-electron chi connectivity index (χ1n) is 4.61. The van der Waals surface area contributed by atoms with Gasteiger partial charge in [-0.25, -0.2) is 0 Å². The van der Waals surface area contributed by atoms with Gasteiger partial charge in [-0.1, -0.05) is 52.4 Å². The van der Waals surface area contributed by atoms with E-state index in [2.05, 4.69) is 13.8 Å². The summed E-state index contributed by atoms with van der Waals surface area (Å²) in [6, 6.07) is 0. The van der Waals surface area contributed by atoms with Crippen LogP contribution in [0.3, 0.4) is 0 Å². The maximum absolute atomic E-state index is 8.74. The van der Waals surface area contributed by atoms with Crippen molar-refractivity contribution in [2.24, 2.45) is 0 Å². The van der Waals surface area contributed by atoms with E-state index >= 15 is 0 Å². The quantitative estimate of drug-likeness (QED) is 0.542. The molecular formula is C8H20O4S. The van der Waals surface area contributed by atoms with Crippen LogP contribution < -0.4 is 0 Å². The zero-order valence-corrected chi connectivity index (χ0v) is 9.18. The van der Waals surface area contributed by atoms with E-state index in [-0.39, 0.29) is 0 Å². The van der Waals surface area contributed by atoms with Crippen LogP contribution in [0.5, 0.6) is 0 Å². The molecule has 13 heavy (non-hydrogen) atoms. The van der Waals surface area contributed by atoms with Crippen LogP contribution >= 0.6 is 0 Å². The second-order valence-corrected chi connectivity index (χ2v) is 3.76. The molecule has 0 aromatic rings. The Balaban J connectivity index is 0. The molecule has 0 bridgehead atoms. The second-order valence-electron chi connectivity index (χ2n) is 2.86. The SMILES string of the molecule is CCCCCCCC.O=S(=O)(O)O. The molecule has 0 fully saturated rings. The van der Waals surface area contributed by atoms with E-state index in [0.717, 1.165) is 0 Å². The highest BCUT2D eigenvalue weighted by atomic mass is 32.3. The Kier molecular flexibility index (Phi) is 11.8. The lowest BCUT2D eigenvalue weighted by atomic mass is 10.1. The van der Waals surface area contributed by atoms with Crippen molar-refractivity contribution >= 4 is 10.4 Å². The molecule has 0 aliphatic rings. The zero-order chi connectivity index (χ0) is 10.7. The summed E-state index contributed by atoms with van der Waals surface area (Å²) >= 11 is 0. The molecule has 4 nitrogen and oxygen atoms in total. The fourth-order valence-corrected chi connectivity index (χ4v) is 0.854. The molecule has 0 saturated carbocycles. The van der Waals surface area contributed by atoms with Gasteiger partial charge >= 0.3 is 10.4 Å². The van der Waals surface area contributed by atoms with E-state index in [1.54, 1.807) is 0 Å². The van der Waals surface area contributed by atoms with Crippen LogP contribution in [-0.2, 0) is 10.4 Å². The van der Waals surface area contributed by atoms with Crippen LogP contribution in [0.15, 0.2) is 0 Å². The van der Waals surface area contributed by atoms with Crippen molar-refractivity contribution in [2.75, 3.05) is 0 Å². The fraction of sp³-hybridized carbons (Fsp3) is 1.00. The zero-order valence-electron chi connectivity index (χ0n) is 8.36. The summed E-state index contributed by atoms with van der Waals surface area (Å²) in [4.78, 5) is 0. The van der Waals surface area contributed by atoms with E-state index in [9.17, 15) is 0 Å². The summed E-state index contributed by atoms with van der Waals surface area (Å²) in [6.45, 7) is 4.51. The number of rotatable bonds is 5. The highest BCUT2D eigenvalue weighted by Gasteiger charge is 1.84. The van der Waals surface area contributed by atoms with Crippen molar-refractivity contribution in [3.05, 3.63) is 0 Å². The van der Waals surface area contributed by atoms with Gasteiger partial charge in [-0.15, -0.1) is 0 Å². The first-order valence-corrected chi connectivity index (χ1v) is 6.01. The lowest BCUT2D eigenvalue weighted by molar-refractivity contribution is 0.381. The minimum atomic E-state index is -4.67. The Labute approximate surface area is 80.9 Å². The lowest BCUT2D eigenvalue weighted by Gasteiger charge is -1.93. The van der Waals surface area contributed by atoms with Crippen LogP contribution in [-0.4, -0.2) is 17.5 Å². The lowest BCUT2D eigenvalue weighted by Crippen LogP contribution is -1.89. The minimum Gasteiger partial charge on any atom is -0.264 e. The molecule has 0 aromatic carbocycles. The molecule has 82 valence electrons. The Morgan fingerprint density at radius 1 is 0.846 bits per heavy atom. The monoisotopic (exact) mass is 212 g/mol. The number of hydrogen-bond acceptors (Lipinski definition) is 2. The highest BCUT2D eigenvalue weighted by molar-refractivity contribution is 7.79. The predicted octanol–water partition coefficient (Wildman–Crippen LogP) is 2.71. The topological polar surface area (TPSA) is 74.6 Å². The van der Waals surface area contributed by atoms with E-state index in [0.29, 0.717) is 0 Å². The van der Waals surface area contributed by atoms with Crippen molar-refractivity contribution in [3.63, 3.8) is 0 Å². The third-order valence-corrected chi connectivity index (χ3v) is 1.46. The van der Waals surface area contributed by atoms with Gasteiger partial charge in [0.1, 0.15) is 0 Å². The molecule has 0 atom stereocenters. The van der Waals surface area contributed by atoms with Crippen molar-refractivity contribution in [2.45, 2.75) is 52.4 Å². The van der Waals surface area contributed by atoms with Crippen LogP contribution in [0.4, 0.5) is 0 Å². The molecule has 0 rings (SSSR count). The largest absolute Gasteiger partial charge is 0.394 e. The maximum Gasteiger partial charge on any atom is 0.394 e. The Bertz CT molecular complexity index is 161. The van der Waals surface area contributed by atoms with E-state index in [4.69, 9.17) is 17.5 Å². The van der Waals surface area contributed by atoms with Crippen molar-refractivity contribution in [1.29, 1.82) is 0 Å². The molecule has 0 amide bonds. The van der Waals surface area contributed by atoms with Gasteiger partial charge in [0, 0.05) is 0 Å². The highest BCUT2D eigenvalue weighted by Crippen LogP contribution is 2.03. The molecular weight excluding hydrogens is 192 g/mol. The Morgan fingerprint density at radius 3 is 1.23 bits per heavy atom. The molecule has 0 unspecified atom stereocenters. The van der Waals surface area contributed by atoms with Crippen LogP contribution in [0.25, 0.3) is 0 Å². The maximum atomic E-state index is 8.74. The first-order chi connectivity index (χ1) is 5.91. The molecule has 0 radical (unpaired) electrons. The van der Waals surface area contributed by atoms with Gasteiger partial charge in [0.2, 0.25) is 0 Å². The molecule has 0 aromatic heterocycles. The normalized spacial score (nSPS) is 10.5. The fourth-order valence-electron chi connectivity index (χ4n) is 0.854. The standard InChI is InChI=1S/C8H18.H2O4S/c1-3-5-7-8-6-4-2;1-5(2,3)4/h3-8H2,1-2H3;(H2,1,2,3,4). The molecule has 0 aliphatic carbocycles. The van der Waals surface area contributed by atoms with Crippen molar-refractivity contribution in [3.8, 4) is 0 Å².